The lowest BCUT2D eigenvalue weighted by molar-refractivity contribution is -0.118. The van der Waals surface area contributed by atoms with E-state index in [0.717, 1.165) is 31.8 Å². The van der Waals surface area contributed by atoms with Gasteiger partial charge < -0.3 is 14.6 Å². The van der Waals surface area contributed by atoms with E-state index in [1.54, 1.807) is 0 Å². The smallest absolute Gasteiger partial charge is 0.127 e. The monoisotopic (exact) mass is 266 g/mol. The van der Waals surface area contributed by atoms with Crippen molar-refractivity contribution in [2.45, 2.75) is 44.9 Å². The van der Waals surface area contributed by atoms with Crippen molar-refractivity contribution in [1.29, 1.82) is 0 Å². The summed E-state index contributed by atoms with van der Waals surface area (Å²) >= 11 is 0. The highest BCUT2D eigenvalue weighted by atomic mass is 16.1. The maximum absolute atomic E-state index is 11.6. The van der Waals surface area contributed by atoms with E-state index in [-0.39, 0.29) is 5.41 Å². The fraction of sp³-hybridized carbons (Fsp3) is 0.938. The minimum Gasteiger partial charge on any atom is -0.306 e. The van der Waals surface area contributed by atoms with Gasteiger partial charge in [0.25, 0.3) is 0 Å². The molecule has 1 aliphatic carbocycles. The van der Waals surface area contributed by atoms with Crippen LogP contribution in [0.4, 0.5) is 0 Å². The van der Waals surface area contributed by atoms with Gasteiger partial charge in [0.2, 0.25) is 0 Å². The molecule has 110 valence electrons. The Hall–Kier alpha value is -0.410. The first kappa shape index (κ1) is 15.0. The summed E-state index contributed by atoms with van der Waals surface area (Å²) in [6.07, 6.45) is 9.89. The van der Waals surface area contributed by atoms with Gasteiger partial charge in [-0.3, -0.25) is 0 Å². The van der Waals surface area contributed by atoms with Crippen LogP contribution in [0.25, 0.3) is 0 Å². The first-order chi connectivity index (χ1) is 9.13. The molecule has 2 aliphatic rings. The standard InChI is InChI=1S/C16H30N2O/c1-17-10-7-15(11-17)12-18(2)13-16(14-19)8-5-3-4-6-9-16/h14-15H,3-13H2,1-2H3. The van der Waals surface area contributed by atoms with Gasteiger partial charge in [-0.2, -0.15) is 0 Å². The molecule has 1 aliphatic heterocycles. The summed E-state index contributed by atoms with van der Waals surface area (Å²) in [7, 11) is 4.41. The predicted molar refractivity (Wildman–Crippen MR) is 79.3 cm³/mol. The lowest BCUT2D eigenvalue weighted by Gasteiger charge is -2.32. The summed E-state index contributed by atoms with van der Waals surface area (Å²) < 4.78 is 0. The third-order valence-corrected chi connectivity index (χ3v) is 4.99. The molecule has 1 unspecified atom stereocenters. The van der Waals surface area contributed by atoms with E-state index in [1.807, 2.05) is 0 Å². The summed E-state index contributed by atoms with van der Waals surface area (Å²) in [5, 5.41) is 0. The Morgan fingerprint density at radius 3 is 2.47 bits per heavy atom. The quantitative estimate of drug-likeness (QED) is 0.564. The van der Waals surface area contributed by atoms with E-state index >= 15 is 0 Å². The minimum atomic E-state index is -0.0459. The molecule has 3 nitrogen and oxygen atoms in total. The number of carbonyl (C=O) groups is 1. The molecule has 19 heavy (non-hydrogen) atoms. The molecule has 0 radical (unpaired) electrons. The summed E-state index contributed by atoms with van der Waals surface area (Å²) in [5.41, 5.74) is -0.0459. The van der Waals surface area contributed by atoms with Crippen LogP contribution in [0.5, 0.6) is 0 Å². The minimum absolute atomic E-state index is 0.0459. The number of nitrogens with zero attached hydrogens (tertiary/aromatic N) is 2. The normalized spacial score (nSPS) is 28.5. The second kappa shape index (κ2) is 6.85. The van der Waals surface area contributed by atoms with Gasteiger partial charge >= 0.3 is 0 Å². The van der Waals surface area contributed by atoms with Crippen LogP contribution in [0.2, 0.25) is 0 Å². The van der Waals surface area contributed by atoms with Crippen LogP contribution >= 0.6 is 0 Å². The zero-order valence-corrected chi connectivity index (χ0v) is 12.7. The summed E-state index contributed by atoms with van der Waals surface area (Å²) in [5.74, 6) is 0.796. The second-order valence-corrected chi connectivity index (χ2v) is 7.01. The molecule has 1 saturated carbocycles. The predicted octanol–water partition coefficient (Wildman–Crippen LogP) is 2.41. The fourth-order valence-corrected chi connectivity index (χ4v) is 3.96. The van der Waals surface area contributed by atoms with Gasteiger partial charge in [-0.1, -0.05) is 25.7 Å². The Bertz CT molecular complexity index is 284. The highest BCUT2D eigenvalue weighted by Crippen LogP contribution is 2.34. The zero-order chi connectivity index (χ0) is 13.7. The number of hydrogen-bond acceptors (Lipinski definition) is 3. The molecule has 0 N–H and O–H groups in total. The molecule has 1 saturated heterocycles. The van der Waals surface area contributed by atoms with Crippen molar-refractivity contribution in [3.05, 3.63) is 0 Å². The summed E-state index contributed by atoms with van der Waals surface area (Å²) in [4.78, 5) is 16.5. The van der Waals surface area contributed by atoms with Crippen molar-refractivity contribution in [1.82, 2.24) is 9.80 Å². The van der Waals surface area contributed by atoms with Crippen LogP contribution in [0.15, 0.2) is 0 Å². The van der Waals surface area contributed by atoms with Crippen LogP contribution in [0, 0.1) is 11.3 Å². The fourth-order valence-electron chi connectivity index (χ4n) is 3.96. The van der Waals surface area contributed by atoms with E-state index in [4.69, 9.17) is 0 Å². The van der Waals surface area contributed by atoms with Gasteiger partial charge in [0, 0.05) is 25.0 Å². The van der Waals surface area contributed by atoms with Gasteiger partial charge in [0.05, 0.1) is 0 Å². The average molecular weight is 266 g/mol. The molecule has 0 aromatic carbocycles. The van der Waals surface area contributed by atoms with E-state index in [9.17, 15) is 4.79 Å². The first-order valence-corrected chi connectivity index (χ1v) is 7.97. The van der Waals surface area contributed by atoms with Crippen molar-refractivity contribution in [3.63, 3.8) is 0 Å². The zero-order valence-electron chi connectivity index (χ0n) is 12.7. The van der Waals surface area contributed by atoms with Gasteiger partial charge in [-0.25, -0.2) is 0 Å². The molecule has 0 bridgehead atoms. The maximum atomic E-state index is 11.6. The molecule has 0 aromatic heterocycles. The van der Waals surface area contributed by atoms with Crippen LogP contribution < -0.4 is 0 Å². The van der Waals surface area contributed by atoms with Gasteiger partial charge in [-0.15, -0.1) is 0 Å². The van der Waals surface area contributed by atoms with Gasteiger partial charge in [0.1, 0.15) is 6.29 Å². The molecule has 0 spiro atoms. The number of rotatable bonds is 5. The first-order valence-electron chi connectivity index (χ1n) is 7.97. The van der Waals surface area contributed by atoms with Crippen molar-refractivity contribution < 1.29 is 4.79 Å². The lowest BCUT2D eigenvalue weighted by atomic mass is 9.81. The summed E-state index contributed by atoms with van der Waals surface area (Å²) in [6, 6.07) is 0. The van der Waals surface area contributed by atoms with Crippen LogP contribution in [-0.2, 0) is 4.79 Å². The van der Waals surface area contributed by atoms with E-state index in [2.05, 4.69) is 23.9 Å². The van der Waals surface area contributed by atoms with Crippen molar-refractivity contribution in [3.8, 4) is 0 Å². The Morgan fingerprint density at radius 1 is 1.26 bits per heavy atom. The Morgan fingerprint density at radius 2 is 1.95 bits per heavy atom. The summed E-state index contributed by atoms with van der Waals surface area (Å²) in [6.45, 7) is 4.58. The van der Waals surface area contributed by atoms with E-state index < -0.39 is 0 Å². The Labute approximate surface area is 118 Å². The van der Waals surface area contributed by atoms with Crippen molar-refractivity contribution in [2.24, 2.45) is 11.3 Å². The Kier molecular flexibility index (Phi) is 5.40. The molecule has 3 heteroatoms. The third kappa shape index (κ3) is 4.28. The molecule has 1 heterocycles. The van der Waals surface area contributed by atoms with Crippen LogP contribution in [0.3, 0.4) is 0 Å². The topological polar surface area (TPSA) is 23.6 Å². The molecular weight excluding hydrogens is 236 g/mol. The molecule has 0 amide bonds. The number of likely N-dealkylation sites (tertiary alicyclic amines) is 1. The number of carbonyl (C=O) groups excluding carboxylic acids is 1. The average Bonchev–Trinajstić information content (AvgIpc) is 2.65. The van der Waals surface area contributed by atoms with E-state index in [1.165, 1.54) is 51.5 Å². The largest absolute Gasteiger partial charge is 0.306 e. The van der Waals surface area contributed by atoms with Crippen molar-refractivity contribution >= 4 is 6.29 Å². The number of aldehydes is 1. The van der Waals surface area contributed by atoms with Crippen molar-refractivity contribution in [2.75, 3.05) is 40.3 Å². The van der Waals surface area contributed by atoms with E-state index in [0.29, 0.717) is 0 Å². The molecule has 1 atom stereocenters. The molecule has 2 rings (SSSR count). The molecule has 2 fully saturated rings. The Balaban J connectivity index is 1.84. The highest BCUT2D eigenvalue weighted by Gasteiger charge is 2.32. The lowest BCUT2D eigenvalue weighted by Crippen LogP contribution is -2.39. The number of hydrogen-bond donors (Lipinski definition) is 0. The van der Waals surface area contributed by atoms with Gasteiger partial charge in [-0.05, 0) is 45.8 Å². The molecule has 0 aromatic rings. The SMILES string of the molecule is CN1CCC(CN(C)CC2(C=O)CCCCCC2)C1. The maximum Gasteiger partial charge on any atom is 0.127 e. The highest BCUT2D eigenvalue weighted by molar-refractivity contribution is 5.59. The van der Waals surface area contributed by atoms with Crippen LogP contribution in [-0.4, -0.2) is 56.4 Å². The van der Waals surface area contributed by atoms with Gasteiger partial charge in [0.15, 0.2) is 0 Å². The molecular formula is C16H30N2O. The third-order valence-electron chi connectivity index (χ3n) is 4.99. The second-order valence-electron chi connectivity index (χ2n) is 7.01. The van der Waals surface area contributed by atoms with Crippen LogP contribution in [0.1, 0.15) is 44.9 Å².